The fourth-order valence-corrected chi connectivity index (χ4v) is 2.75. The molecular formula is C9H17N3O. The van der Waals surface area contributed by atoms with Crippen LogP contribution in [0.25, 0.3) is 0 Å². The van der Waals surface area contributed by atoms with E-state index in [0.29, 0.717) is 12.0 Å². The average Bonchev–Trinajstić information content (AvgIpc) is 2.60. The summed E-state index contributed by atoms with van der Waals surface area (Å²) >= 11 is 0. The highest BCUT2D eigenvalue weighted by molar-refractivity contribution is 5.78. The summed E-state index contributed by atoms with van der Waals surface area (Å²) in [4.78, 5) is 2.06. The lowest BCUT2D eigenvalue weighted by Crippen LogP contribution is -2.43. The summed E-state index contributed by atoms with van der Waals surface area (Å²) in [5, 5.41) is 11.7. The van der Waals surface area contributed by atoms with Crippen LogP contribution in [0.4, 0.5) is 0 Å². The van der Waals surface area contributed by atoms with Gasteiger partial charge < -0.3 is 15.8 Å². The summed E-state index contributed by atoms with van der Waals surface area (Å²) in [6, 6.07) is 0.546. The minimum Gasteiger partial charge on any atom is -0.408 e. The van der Waals surface area contributed by atoms with Crippen molar-refractivity contribution in [2.75, 3.05) is 6.54 Å². The molecule has 0 spiro atoms. The van der Waals surface area contributed by atoms with Crippen LogP contribution in [0.2, 0.25) is 0 Å². The van der Waals surface area contributed by atoms with Gasteiger partial charge in [-0.05, 0) is 25.2 Å². The number of rotatable bonds is 0. The number of hydrogen-bond acceptors (Lipinski definition) is 2. The minimum absolute atomic E-state index is 0.300. The molecule has 3 N–H and O–H groups in total. The maximum atomic E-state index is 8.61. The number of oxime groups is 1. The fraction of sp³-hybridized carbons (Fsp3) is 0.889. The summed E-state index contributed by atoms with van der Waals surface area (Å²) < 4.78 is 0. The molecule has 0 aromatic rings. The first-order valence-corrected chi connectivity index (χ1v) is 5.07. The lowest BCUT2D eigenvalue weighted by molar-refractivity contribution is 0.238. The van der Waals surface area contributed by atoms with Crippen molar-refractivity contribution in [2.24, 2.45) is 16.8 Å². The fourth-order valence-electron chi connectivity index (χ4n) is 2.75. The molecule has 4 heteroatoms. The van der Waals surface area contributed by atoms with E-state index < -0.39 is 0 Å². The second-order valence-electron chi connectivity index (χ2n) is 4.05. The van der Waals surface area contributed by atoms with Crippen molar-refractivity contribution in [3.05, 3.63) is 0 Å². The molecule has 1 aliphatic carbocycles. The first kappa shape index (κ1) is 8.66. The van der Waals surface area contributed by atoms with Crippen LogP contribution < -0.4 is 5.73 Å². The molecule has 13 heavy (non-hydrogen) atoms. The van der Waals surface area contributed by atoms with Crippen LogP contribution in [0, 0.1) is 5.92 Å². The van der Waals surface area contributed by atoms with Crippen molar-refractivity contribution in [1.29, 1.82) is 0 Å². The second-order valence-corrected chi connectivity index (χ2v) is 4.05. The topological polar surface area (TPSA) is 61.9 Å². The summed E-state index contributed by atoms with van der Waals surface area (Å²) in [6.07, 6.45) is 6.38. The molecule has 2 fully saturated rings. The van der Waals surface area contributed by atoms with Gasteiger partial charge in [0.2, 0.25) is 5.96 Å². The quantitative estimate of drug-likeness (QED) is 0.254. The molecule has 1 heterocycles. The highest BCUT2D eigenvalue weighted by Crippen LogP contribution is 2.35. The second kappa shape index (κ2) is 3.44. The predicted molar refractivity (Wildman–Crippen MR) is 50.5 cm³/mol. The summed E-state index contributed by atoms with van der Waals surface area (Å²) in [5.41, 5.74) is 5.61. The normalized spacial score (nSPS) is 34.8. The Labute approximate surface area is 78.4 Å². The Bertz CT molecular complexity index is 217. The van der Waals surface area contributed by atoms with E-state index in [1.807, 2.05) is 0 Å². The van der Waals surface area contributed by atoms with Gasteiger partial charge in [-0.25, -0.2) is 0 Å². The largest absolute Gasteiger partial charge is 0.408 e. The van der Waals surface area contributed by atoms with Gasteiger partial charge >= 0.3 is 0 Å². The molecule has 0 radical (unpaired) electrons. The van der Waals surface area contributed by atoms with E-state index in [2.05, 4.69) is 10.1 Å². The third kappa shape index (κ3) is 1.45. The van der Waals surface area contributed by atoms with Crippen molar-refractivity contribution >= 4 is 5.96 Å². The Kier molecular flexibility index (Phi) is 2.29. The van der Waals surface area contributed by atoms with E-state index in [0.717, 1.165) is 12.5 Å². The molecule has 4 nitrogen and oxygen atoms in total. The molecule has 2 unspecified atom stereocenters. The number of guanidine groups is 1. The number of nitrogens with zero attached hydrogens (tertiary/aromatic N) is 2. The molecule has 0 amide bonds. The molecule has 1 aliphatic heterocycles. The zero-order chi connectivity index (χ0) is 9.26. The number of nitrogens with two attached hydrogens (primary N) is 1. The van der Waals surface area contributed by atoms with E-state index in [9.17, 15) is 0 Å². The lowest BCUT2D eigenvalue weighted by Gasteiger charge is -2.31. The van der Waals surface area contributed by atoms with Crippen molar-refractivity contribution in [3.63, 3.8) is 0 Å². The van der Waals surface area contributed by atoms with Crippen molar-refractivity contribution in [1.82, 2.24) is 4.90 Å². The molecule has 2 rings (SSSR count). The van der Waals surface area contributed by atoms with Crippen LogP contribution in [-0.2, 0) is 0 Å². The van der Waals surface area contributed by atoms with Gasteiger partial charge in [-0.3, -0.25) is 0 Å². The monoisotopic (exact) mass is 183 g/mol. The van der Waals surface area contributed by atoms with E-state index in [4.69, 9.17) is 10.9 Å². The molecule has 0 aromatic heterocycles. The lowest BCUT2D eigenvalue weighted by atomic mass is 9.85. The minimum atomic E-state index is 0.300. The molecule has 74 valence electrons. The predicted octanol–water partition coefficient (Wildman–Crippen LogP) is 0.955. The highest BCUT2D eigenvalue weighted by atomic mass is 16.4. The summed E-state index contributed by atoms with van der Waals surface area (Å²) in [7, 11) is 0. The van der Waals surface area contributed by atoms with Crippen LogP contribution in [-0.4, -0.2) is 28.7 Å². The Hall–Kier alpha value is -0.930. The van der Waals surface area contributed by atoms with Gasteiger partial charge in [0, 0.05) is 12.6 Å². The van der Waals surface area contributed by atoms with Crippen molar-refractivity contribution < 1.29 is 5.21 Å². The Balaban J connectivity index is 2.06. The van der Waals surface area contributed by atoms with E-state index in [-0.39, 0.29) is 0 Å². The SMILES string of the molecule is N/C(=N\O)N1CCC2CCCCC21. The van der Waals surface area contributed by atoms with Gasteiger partial charge in [0.05, 0.1) is 0 Å². The van der Waals surface area contributed by atoms with Crippen LogP contribution >= 0.6 is 0 Å². The first-order chi connectivity index (χ1) is 6.33. The van der Waals surface area contributed by atoms with Crippen LogP contribution in [0.15, 0.2) is 5.16 Å². The molecule has 1 saturated heterocycles. The third-order valence-electron chi connectivity index (χ3n) is 3.41. The van der Waals surface area contributed by atoms with E-state index in [1.165, 1.54) is 32.1 Å². The summed E-state index contributed by atoms with van der Waals surface area (Å²) in [5.74, 6) is 1.09. The van der Waals surface area contributed by atoms with Gasteiger partial charge in [-0.15, -0.1) is 0 Å². The zero-order valence-corrected chi connectivity index (χ0v) is 7.82. The smallest absolute Gasteiger partial charge is 0.233 e. The van der Waals surface area contributed by atoms with Gasteiger partial charge in [-0.1, -0.05) is 18.0 Å². The standard InChI is InChI=1S/C9H17N3O/c10-9(11-13)12-6-5-7-3-1-2-4-8(7)12/h7-8,13H,1-6H2,(H2,10,11). The number of hydrogen-bond donors (Lipinski definition) is 2. The first-order valence-electron chi connectivity index (χ1n) is 5.07. The van der Waals surface area contributed by atoms with E-state index in [1.54, 1.807) is 0 Å². The maximum Gasteiger partial charge on any atom is 0.233 e. The maximum absolute atomic E-state index is 8.61. The van der Waals surface area contributed by atoms with Crippen molar-refractivity contribution in [2.45, 2.75) is 38.1 Å². The molecule has 2 aliphatic rings. The van der Waals surface area contributed by atoms with Crippen molar-refractivity contribution in [3.8, 4) is 0 Å². The summed E-state index contributed by atoms with van der Waals surface area (Å²) in [6.45, 7) is 0.964. The van der Waals surface area contributed by atoms with Gasteiger partial charge in [0.15, 0.2) is 0 Å². The Morgan fingerprint density at radius 3 is 2.85 bits per heavy atom. The van der Waals surface area contributed by atoms with Crippen LogP contribution in [0.5, 0.6) is 0 Å². The molecule has 0 bridgehead atoms. The van der Waals surface area contributed by atoms with Crippen LogP contribution in [0.3, 0.4) is 0 Å². The van der Waals surface area contributed by atoms with Gasteiger partial charge in [0.25, 0.3) is 0 Å². The average molecular weight is 183 g/mol. The third-order valence-corrected chi connectivity index (χ3v) is 3.41. The highest BCUT2D eigenvalue weighted by Gasteiger charge is 2.36. The molecule has 0 aromatic carbocycles. The number of fused-ring (bicyclic) bond motifs is 1. The molecular weight excluding hydrogens is 166 g/mol. The van der Waals surface area contributed by atoms with Gasteiger partial charge in [-0.2, -0.15) is 0 Å². The molecule has 2 atom stereocenters. The number of likely N-dealkylation sites (tertiary alicyclic amines) is 1. The zero-order valence-electron chi connectivity index (χ0n) is 7.82. The Morgan fingerprint density at radius 2 is 2.08 bits per heavy atom. The van der Waals surface area contributed by atoms with Gasteiger partial charge in [0.1, 0.15) is 0 Å². The Morgan fingerprint density at radius 1 is 1.31 bits per heavy atom. The molecule has 1 saturated carbocycles. The van der Waals surface area contributed by atoms with Crippen LogP contribution in [0.1, 0.15) is 32.1 Å². The van der Waals surface area contributed by atoms with E-state index >= 15 is 0 Å².